The summed E-state index contributed by atoms with van der Waals surface area (Å²) in [5, 5.41) is 5.96. The Bertz CT molecular complexity index is 1420. The maximum absolute atomic E-state index is 13.1. The molecule has 3 aromatic carbocycles. The highest BCUT2D eigenvalue weighted by molar-refractivity contribution is 9.10. The van der Waals surface area contributed by atoms with E-state index in [-0.39, 0.29) is 17.1 Å². The summed E-state index contributed by atoms with van der Waals surface area (Å²) in [5.41, 5.74) is 2.67. The molecule has 1 heterocycles. The van der Waals surface area contributed by atoms with Gasteiger partial charge in [-0.15, -0.1) is 0 Å². The van der Waals surface area contributed by atoms with Crippen molar-refractivity contribution in [3.05, 3.63) is 88.4 Å². The third kappa shape index (κ3) is 5.73. The first-order valence-electron chi connectivity index (χ1n) is 10.1. The molecule has 0 aliphatic heterocycles. The minimum absolute atomic E-state index is 0.192. The fourth-order valence-corrected chi connectivity index (χ4v) is 5.79. The minimum atomic E-state index is -3.60. The summed E-state index contributed by atoms with van der Waals surface area (Å²) in [6.45, 7) is 1.99. The number of rotatable bonds is 7. The lowest BCUT2D eigenvalue weighted by Gasteiger charge is -2.14. The lowest BCUT2D eigenvalue weighted by molar-refractivity contribution is -0.118. The topological polar surface area (TPSA) is 79.7 Å². The quantitative estimate of drug-likeness (QED) is 0.225. The molecule has 6 nitrogen and oxygen atoms in total. The number of hydrazone groups is 1. The van der Waals surface area contributed by atoms with Crippen molar-refractivity contribution < 1.29 is 13.2 Å². The zero-order valence-electron chi connectivity index (χ0n) is 17.7. The lowest BCUT2D eigenvalue weighted by atomic mass is 10.2. The SMILES string of the molecule is Cc1ccc(/C=N/N(C(=O)CCS(=O)(=O)c2ccccc2)c2nc3ccc(Br)cc3s2)cc1. The van der Waals surface area contributed by atoms with Gasteiger partial charge in [-0.05, 0) is 42.8 Å². The minimum Gasteiger partial charge on any atom is -0.272 e. The van der Waals surface area contributed by atoms with E-state index in [1.165, 1.54) is 28.5 Å². The first kappa shape index (κ1) is 23.3. The van der Waals surface area contributed by atoms with Gasteiger partial charge >= 0.3 is 0 Å². The van der Waals surface area contributed by atoms with Crippen molar-refractivity contribution in [1.82, 2.24) is 4.98 Å². The van der Waals surface area contributed by atoms with E-state index in [0.29, 0.717) is 5.13 Å². The number of hydrogen-bond donors (Lipinski definition) is 0. The van der Waals surface area contributed by atoms with Gasteiger partial charge in [0.1, 0.15) is 0 Å². The third-order valence-electron chi connectivity index (χ3n) is 4.84. The fraction of sp³-hybridized carbons (Fsp3) is 0.125. The molecule has 1 amide bonds. The molecule has 0 saturated heterocycles. The molecule has 0 spiro atoms. The van der Waals surface area contributed by atoms with Gasteiger partial charge in [0, 0.05) is 10.9 Å². The van der Waals surface area contributed by atoms with Crippen LogP contribution in [0.2, 0.25) is 0 Å². The van der Waals surface area contributed by atoms with Crippen molar-refractivity contribution in [3.8, 4) is 0 Å². The van der Waals surface area contributed by atoms with Crippen molar-refractivity contribution in [2.24, 2.45) is 5.10 Å². The Kier molecular flexibility index (Phi) is 7.02. The highest BCUT2D eigenvalue weighted by atomic mass is 79.9. The van der Waals surface area contributed by atoms with Crippen LogP contribution in [-0.2, 0) is 14.6 Å². The number of halogens is 1. The van der Waals surface area contributed by atoms with E-state index in [9.17, 15) is 13.2 Å². The van der Waals surface area contributed by atoms with Crippen molar-refractivity contribution in [2.45, 2.75) is 18.2 Å². The Morgan fingerprint density at radius 2 is 1.82 bits per heavy atom. The zero-order valence-corrected chi connectivity index (χ0v) is 20.9. The second kappa shape index (κ2) is 9.94. The number of hydrogen-bond acceptors (Lipinski definition) is 6. The highest BCUT2D eigenvalue weighted by Crippen LogP contribution is 2.31. The predicted molar refractivity (Wildman–Crippen MR) is 137 cm³/mol. The van der Waals surface area contributed by atoms with Gasteiger partial charge in [0.15, 0.2) is 9.84 Å². The highest BCUT2D eigenvalue weighted by Gasteiger charge is 2.23. The van der Waals surface area contributed by atoms with Crippen LogP contribution >= 0.6 is 27.3 Å². The van der Waals surface area contributed by atoms with Gasteiger partial charge in [-0.3, -0.25) is 4.79 Å². The Labute approximate surface area is 204 Å². The summed E-state index contributed by atoms with van der Waals surface area (Å²) >= 11 is 4.76. The van der Waals surface area contributed by atoms with Crippen molar-refractivity contribution in [1.29, 1.82) is 0 Å². The molecule has 0 fully saturated rings. The number of nitrogens with zero attached hydrogens (tertiary/aromatic N) is 3. The summed E-state index contributed by atoms with van der Waals surface area (Å²) in [5.74, 6) is -0.765. The molecule has 0 unspecified atom stereocenters. The van der Waals surface area contributed by atoms with Crippen LogP contribution in [0.4, 0.5) is 5.13 Å². The first-order valence-corrected chi connectivity index (χ1v) is 13.4. The molecule has 1 aromatic heterocycles. The summed E-state index contributed by atoms with van der Waals surface area (Å²) in [7, 11) is -3.60. The van der Waals surface area contributed by atoms with Crippen LogP contribution in [0.15, 0.2) is 87.3 Å². The van der Waals surface area contributed by atoms with E-state index in [1.54, 1.807) is 24.4 Å². The van der Waals surface area contributed by atoms with E-state index in [4.69, 9.17) is 0 Å². The first-order chi connectivity index (χ1) is 15.8. The second-order valence-electron chi connectivity index (χ2n) is 7.35. The molecule has 9 heteroatoms. The molecular weight excluding hydrogens is 522 g/mol. The van der Waals surface area contributed by atoms with E-state index in [2.05, 4.69) is 26.0 Å². The Balaban J connectivity index is 1.62. The van der Waals surface area contributed by atoms with Crippen LogP contribution in [-0.4, -0.2) is 31.3 Å². The Morgan fingerprint density at radius 1 is 1.09 bits per heavy atom. The van der Waals surface area contributed by atoms with Crippen LogP contribution < -0.4 is 5.01 Å². The molecule has 0 aliphatic carbocycles. The summed E-state index contributed by atoms with van der Waals surface area (Å²) in [6.07, 6.45) is 1.35. The molecule has 0 saturated carbocycles. The van der Waals surface area contributed by atoms with Gasteiger partial charge in [-0.1, -0.05) is 75.3 Å². The van der Waals surface area contributed by atoms with Crippen LogP contribution in [0.3, 0.4) is 0 Å². The average molecular weight is 542 g/mol. The number of sulfone groups is 1. The van der Waals surface area contributed by atoms with E-state index in [1.807, 2.05) is 49.4 Å². The van der Waals surface area contributed by atoms with Gasteiger partial charge in [0.05, 0.1) is 27.1 Å². The molecule has 0 N–H and O–H groups in total. The number of carbonyl (C=O) groups excluding carboxylic acids is 1. The molecule has 0 radical (unpaired) electrons. The van der Waals surface area contributed by atoms with Gasteiger partial charge in [0.25, 0.3) is 5.91 Å². The second-order valence-corrected chi connectivity index (χ2v) is 11.4. The number of amides is 1. The standard InChI is InChI=1S/C24H20BrN3O3S2/c1-17-7-9-18(10-8-17)16-26-28(24-27-21-12-11-19(25)15-22(21)32-24)23(29)13-14-33(30,31)20-5-3-2-4-6-20/h2-12,15-16H,13-14H2,1H3/b26-16+. The number of aryl methyl sites for hydroxylation is 1. The molecule has 33 heavy (non-hydrogen) atoms. The summed E-state index contributed by atoms with van der Waals surface area (Å²) < 4.78 is 27.1. The van der Waals surface area contributed by atoms with Gasteiger partial charge in [-0.2, -0.15) is 10.1 Å². The van der Waals surface area contributed by atoms with Crippen molar-refractivity contribution in [3.63, 3.8) is 0 Å². The average Bonchev–Trinajstić information content (AvgIpc) is 3.22. The normalized spacial score (nSPS) is 11.8. The Hall–Kier alpha value is -2.88. The number of fused-ring (bicyclic) bond motifs is 1. The third-order valence-corrected chi connectivity index (χ3v) is 8.06. The number of thiazole rings is 1. The van der Waals surface area contributed by atoms with Crippen LogP contribution in [0.5, 0.6) is 0 Å². The maximum Gasteiger partial charge on any atom is 0.250 e. The number of aromatic nitrogens is 1. The largest absolute Gasteiger partial charge is 0.272 e. The fourth-order valence-electron chi connectivity index (χ4n) is 3.05. The number of anilines is 1. The molecule has 168 valence electrons. The summed E-state index contributed by atoms with van der Waals surface area (Å²) in [6, 6.07) is 21.5. The van der Waals surface area contributed by atoms with Gasteiger partial charge in [0.2, 0.25) is 5.13 Å². The van der Waals surface area contributed by atoms with Gasteiger partial charge in [-0.25, -0.2) is 13.4 Å². The molecular formula is C24H20BrN3O3S2. The van der Waals surface area contributed by atoms with E-state index in [0.717, 1.165) is 25.8 Å². The lowest BCUT2D eigenvalue weighted by Crippen LogP contribution is -2.27. The molecule has 0 bridgehead atoms. The van der Waals surface area contributed by atoms with Crippen LogP contribution in [0.1, 0.15) is 17.5 Å². The summed E-state index contributed by atoms with van der Waals surface area (Å²) in [4.78, 5) is 17.9. The van der Waals surface area contributed by atoms with Crippen molar-refractivity contribution in [2.75, 3.05) is 10.8 Å². The molecule has 4 aromatic rings. The van der Waals surface area contributed by atoms with E-state index < -0.39 is 15.7 Å². The number of benzene rings is 3. The predicted octanol–water partition coefficient (Wildman–Crippen LogP) is 5.60. The Morgan fingerprint density at radius 3 is 2.55 bits per heavy atom. The molecule has 0 atom stereocenters. The van der Waals surface area contributed by atoms with Crippen LogP contribution in [0.25, 0.3) is 10.2 Å². The van der Waals surface area contributed by atoms with Crippen LogP contribution in [0, 0.1) is 6.92 Å². The molecule has 4 rings (SSSR count). The number of carbonyl (C=O) groups is 1. The monoisotopic (exact) mass is 541 g/mol. The zero-order chi connectivity index (χ0) is 23.4. The van der Waals surface area contributed by atoms with Gasteiger partial charge < -0.3 is 0 Å². The van der Waals surface area contributed by atoms with Crippen molar-refractivity contribution >= 4 is 64.6 Å². The van der Waals surface area contributed by atoms with E-state index >= 15 is 0 Å². The molecule has 0 aliphatic rings. The smallest absolute Gasteiger partial charge is 0.250 e. The maximum atomic E-state index is 13.1.